The van der Waals surface area contributed by atoms with E-state index in [0.29, 0.717) is 0 Å². The fraction of sp³-hybridized carbons (Fsp3) is 0. The fourth-order valence-corrected chi connectivity index (χ4v) is 0.996. The number of halogens is 1. The molecule has 0 aromatic heterocycles. The number of nitrogens with one attached hydrogen (secondary N) is 2. The quantitative estimate of drug-likeness (QED) is 0.612. The molecule has 0 spiro atoms. The number of anilines is 1. The summed E-state index contributed by atoms with van der Waals surface area (Å²) in [4.78, 5) is 10.3. The molecule has 74 valence electrons. The van der Waals surface area contributed by atoms with Gasteiger partial charge in [0.1, 0.15) is 0 Å². The van der Waals surface area contributed by atoms with Crippen LogP contribution in [0.3, 0.4) is 0 Å². The second-order valence-electron chi connectivity index (χ2n) is 2.52. The number of carbonyl (C=O) groups is 1. The van der Waals surface area contributed by atoms with Gasteiger partial charge >= 0.3 is 0 Å². The zero-order valence-corrected chi connectivity index (χ0v) is 8.80. The summed E-state index contributed by atoms with van der Waals surface area (Å²) in [7, 11) is 0. The van der Waals surface area contributed by atoms with Gasteiger partial charge in [0, 0.05) is 4.47 Å². The summed E-state index contributed by atoms with van der Waals surface area (Å²) >= 11 is 3.28. The van der Waals surface area contributed by atoms with E-state index in [1.807, 2.05) is 12.1 Å². The second kappa shape index (κ2) is 4.66. The molecule has 1 rings (SSSR count). The van der Waals surface area contributed by atoms with Gasteiger partial charge in [-0.1, -0.05) is 22.5 Å². The van der Waals surface area contributed by atoms with Gasteiger partial charge in [0.2, 0.25) is 0 Å². The van der Waals surface area contributed by atoms with E-state index in [1.165, 1.54) is 0 Å². The summed E-state index contributed by atoms with van der Waals surface area (Å²) in [5, 5.41) is 10.3. The van der Waals surface area contributed by atoms with Gasteiger partial charge in [-0.15, -0.1) is 0 Å². The van der Waals surface area contributed by atoms with Crippen molar-refractivity contribution < 1.29 is 9.90 Å². The van der Waals surface area contributed by atoms with Crippen molar-refractivity contribution in [2.45, 2.75) is 0 Å². The van der Waals surface area contributed by atoms with Gasteiger partial charge in [-0.2, -0.15) is 0 Å². The number of hydrazine groups is 1. The molecule has 0 bridgehead atoms. The largest absolute Gasteiger partial charge is 0.543 e. The lowest BCUT2D eigenvalue weighted by molar-refractivity contribution is -0.299. The molecule has 4 nitrogen and oxygen atoms in total. The number of rotatable bonds is 4. The minimum absolute atomic E-state index is 0.215. The predicted octanol–water partition coefficient (Wildman–Crippen LogP) is 0.629. The Morgan fingerprint density at radius 2 is 1.93 bits per heavy atom. The van der Waals surface area contributed by atoms with E-state index in [4.69, 9.17) is 0 Å². The molecule has 0 fully saturated rings. The Labute approximate surface area is 89.7 Å². The molecule has 0 aliphatic carbocycles. The molecule has 0 aliphatic rings. The topological polar surface area (TPSA) is 64.2 Å². The first-order chi connectivity index (χ1) is 6.59. The highest BCUT2D eigenvalue weighted by atomic mass is 79.9. The maximum Gasteiger partial charge on any atom is 0.0886 e. The van der Waals surface area contributed by atoms with Crippen LogP contribution in [0.2, 0.25) is 0 Å². The van der Waals surface area contributed by atoms with Crippen molar-refractivity contribution in [3.05, 3.63) is 41.0 Å². The number of carbonyl (C=O) groups excluding carboxylic acids is 1. The molecule has 0 amide bonds. The Kier molecular flexibility index (Phi) is 3.53. The minimum Gasteiger partial charge on any atom is -0.543 e. The third-order valence-corrected chi connectivity index (χ3v) is 1.98. The molecule has 0 unspecified atom stereocenters. The van der Waals surface area contributed by atoms with Gasteiger partial charge in [0.05, 0.1) is 17.4 Å². The Morgan fingerprint density at radius 1 is 1.36 bits per heavy atom. The number of carboxylic acid groups (broad SMARTS) is 1. The Hall–Kier alpha value is -1.49. The van der Waals surface area contributed by atoms with E-state index in [1.54, 1.807) is 12.1 Å². The highest BCUT2D eigenvalue weighted by molar-refractivity contribution is 9.10. The van der Waals surface area contributed by atoms with E-state index in [2.05, 4.69) is 33.4 Å². The van der Waals surface area contributed by atoms with E-state index in [9.17, 15) is 9.90 Å². The first-order valence-corrected chi connectivity index (χ1v) is 4.57. The van der Waals surface area contributed by atoms with Crippen LogP contribution < -0.4 is 16.0 Å². The van der Waals surface area contributed by atoms with Gasteiger partial charge in [0.15, 0.2) is 0 Å². The van der Waals surface area contributed by atoms with Crippen molar-refractivity contribution in [3.8, 4) is 0 Å². The van der Waals surface area contributed by atoms with Crippen molar-refractivity contribution in [1.29, 1.82) is 0 Å². The van der Waals surface area contributed by atoms with Crippen LogP contribution >= 0.6 is 15.9 Å². The summed E-state index contributed by atoms with van der Waals surface area (Å²) in [5.74, 6) is -1.34. The highest BCUT2D eigenvalue weighted by Gasteiger charge is 1.93. The SMILES string of the molecule is C=C(NNc1ccc(Br)cc1)C(=O)[O-]. The first-order valence-electron chi connectivity index (χ1n) is 3.77. The molecule has 0 atom stereocenters. The molecular weight excluding hydrogens is 248 g/mol. The number of aliphatic carboxylic acids is 1. The van der Waals surface area contributed by atoms with Crippen molar-refractivity contribution in [3.63, 3.8) is 0 Å². The normalized spacial score (nSPS) is 9.21. The van der Waals surface area contributed by atoms with Crippen LogP contribution in [0, 0.1) is 0 Å². The lowest BCUT2D eigenvalue weighted by atomic mass is 10.3. The van der Waals surface area contributed by atoms with Crippen LogP contribution in [0.5, 0.6) is 0 Å². The Bertz CT molecular complexity index is 348. The standard InChI is InChI=1S/C9H9BrN2O2/c1-6(9(13)14)11-12-8-4-2-7(10)3-5-8/h2-5,11-12H,1H2,(H,13,14)/p-1. The second-order valence-corrected chi connectivity index (χ2v) is 3.44. The maximum atomic E-state index is 10.3. The monoisotopic (exact) mass is 255 g/mol. The average Bonchev–Trinajstić information content (AvgIpc) is 2.16. The molecule has 0 heterocycles. The molecule has 0 saturated carbocycles. The fourth-order valence-electron chi connectivity index (χ4n) is 0.732. The van der Waals surface area contributed by atoms with E-state index >= 15 is 0 Å². The van der Waals surface area contributed by atoms with Crippen LogP contribution in [-0.4, -0.2) is 5.97 Å². The number of hydrogen-bond acceptors (Lipinski definition) is 4. The molecular formula is C9H8BrN2O2-. The van der Waals surface area contributed by atoms with Crippen LogP contribution in [-0.2, 0) is 4.79 Å². The van der Waals surface area contributed by atoms with Crippen molar-refractivity contribution in [2.75, 3.05) is 5.43 Å². The molecule has 1 aromatic carbocycles. The molecule has 0 radical (unpaired) electrons. The van der Waals surface area contributed by atoms with E-state index in [-0.39, 0.29) is 5.70 Å². The van der Waals surface area contributed by atoms with Gasteiger partial charge < -0.3 is 15.3 Å². The van der Waals surface area contributed by atoms with Crippen LogP contribution in [0.1, 0.15) is 0 Å². The average molecular weight is 256 g/mol. The molecule has 0 saturated heterocycles. The molecule has 2 N–H and O–H groups in total. The zero-order chi connectivity index (χ0) is 10.6. The number of hydrogen-bond donors (Lipinski definition) is 2. The van der Waals surface area contributed by atoms with Gasteiger partial charge in [0.25, 0.3) is 0 Å². The van der Waals surface area contributed by atoms with Crippen molar-refractivity contribution >= 4 is 27.6 Å². The lowest BCUT2D eigenvalue weighted by Crippen LogP contribution is -2.34. The maximum absolute atomic E-state index is 10.3. The summed E-state index contributed by atoms with van der Waals surface area (Å²) in [6, 6.07) is 7.21. The molecule has 0 aliphatic heterocycles. The van der Waals surface area contributed by atoms with E-state index < -0.39 is 5.97 Å². The summed E-state index contributed by atoms with van der Waals surface area (Å²) in [6.07, 6.45) is 0. The first kappa shape index (κ1) is 10.6. The van der Waals surface area contributed by atoms with Crippen molar-refractivity contribution in [1.82, 2.24) is 5.43 Å². The summed E-state index contributed by atoms with van der Waals surface area (Å²) in [6.45, 7) is 3.24. The van der Waals surface area contributed by atoms with Crippen LogP contribution in [0.15, 0.2) is 41.0 Å². The number of carboxylic acids is 1. The van der Waals surface area contributed by atoms with Gasteiger partial charge in [-0.3, -0.25) is 5.43 Å². The minimum atomic E-state index is -1.34. The van der Waals surface area contributed by atoms with Gasteiger partial charge in [-0.05, 0) is 24.3 Å². The van der Waals surface area contributed by atoms with Crippen LogP contribution in [0.4, 0.5) is 5.69 Å². The molecule has 1 aromatic rings. The Balaban J connectivity index is 2.50. The third-order valence-electron chi connectivity index (χ3n) is 1.45. The van der Waals surface area contributed by atoms with Crippen LogP contribution in [0.25, 0.3) is 0 Å². The van der Waals surface area contributed by atoms with Crippen molar-refractivity contribution in [2.24, 2.45) is 0 Å². The lowest BCUT2D eigenvalue weighted by Gasteiger charge is -2.12. The highest BCUT2D eigenvalue weighted by Crippen LogP contribution is 2.13. The third kappa shape index (κ3) is 3.10. The zero-order valence-electron chi connectivity index (χ0n) is 7.21. The van der Waals surface area contributed by atoms with Gasteiger partial charge in [-0.25, -0.2) is 0 Å². The summed E-state index contributed by atoms with van der Waals surface area (Å²) in [5.41, 5.74) is 5.57. The number of benzene rings is 1. The Morgan fingerprint density at radius 3 is 2.43 bits per heavy atom. The summed E-state index contributed by atoms with van der Waals surface area (Å²) < 4.78 is 0.946. The van der Waals surface area contributed by atoms with E-state index in [0.717, 1.165) is 10.2 Å². The molecule has 14 heavy (non-hydrogen) atoms. The predicted molar refractivity (Wildman–Crippen MR) is 55.0 cm³/mol. The molecule has 5 heteroatoms. The smallest absolute Gasteiger partial charge is 0.0886 e.